The number of ketones is 3. The van der Waals surface area contributed by atoms with Gasteiger partial charge in [0.15, 0.2) is 17.2 Å². The van der Waals surface area contributed by atoms with Gasteiger partial charge in [-0.05, 0) is 62.3 Å². The number of carbonyl (C=O) groups is 3. The average molecular weight is 475 g/mol. The van der Waals surface area contributed by atoms with E-state index in [2.05, 4.69) is 0 Å². The lowest BCUT2D eigenvalue weighted by Gasteiger charge is -2.46. The molecule has 0 spiro atoms. The number of allylic oxidation sites excluding steroid dienone is 1. The van der Waals surface area contributed by atoms with Gasteiger partial charge in [0.2, 0.25) is 5.78 Å². The second-order valence-electron chi connectivity index (χ2n) is 9.96. The van der Waals surface area contributed by atoms with Gasteiger partial charge in [0.25, 0.3) is 0 Å². The van der Waals surface area contributed by atoms with Crippen molar-refractivity contribution in [2.45, 2.75) is 45.6 Å². The fraction of sp³-hybridized carbons (Fsp3) is 0.321. The lowest BCUT2D eigenvalue weighted by molar-refractivity contribution is -0.147. The first-order chi connectivity index (χ1) is 16.4. The van der Waals surface area contributed by atoms with Crippen molar-refractivity contribution in [1.82, 2.24) is 0 Å². The van der Waals surface area contributed by atoms with Crippen LogP contribution in [0.15, 0.2) is 47.2 Å². The Bertz CT molecular complexity index is 1390. The molecule has 0 aliphatic heterocycles. The molecular weight excluding hydrogens is 448 g/mol. The summed E-state index contributed by atoms with van der Waals surface area (Å²) in [6.07, 6.45) is 0.175. The first-order valence-electron chi connectivity index (χ1n) is 11.6. The molecule has 2 aromatic carbocycles. The highest BCUT2D eigenvalue weighted by atomic mass is 16.3. The summed E-state index contributed by atoms with van der Waals surface area (Å²) in [6, 6.07) is 9.29. The summed E-state index contributed by atoms with van der Waals surface area (Å²) >= 11 is 0. The van der Waals surface area contributed by atoms with Crippen molar-refractivity contribution in [3.63, 3.8) is 0 Å². The third-order valence-corrected chi connectivity index (χ3v) is 7.59. The predicted octanol–water partition coefficient (Wildman–Crippen LogP) is 3.81. The molecule has 7 heteroatoms. The zero-order chi connectivity index (χ0) is 25.4. The number of hydrogen-bond acceptors (Lipinski definition) is 7. The molecular formula is C28H26O7. The van der Waals surface area contributed by atoms with Crippen LogP contribution < -0.4 is 0 Å². The summed E-state index contributed by atoms with van der Waals surface area (Å²) in [5, 5.41) is 44.0. The van der Waals surface area contributed by atoms with Gasteiger partial charge in [-0.25, -0.2) is 0 Å². The van der Waals surface area contributed by atoms with E-state index in [9.17, 15) is 34.8 Å². The molecule has 2 aromatic rings. The van der Waals surface area contributed by atoms with Crippen molar-refractivity contribution in [3.05, 3.63) is 69.5 Å². The van der Waals surface area contributed by atoms with Gasteiger partial charge >= 0.3 is 0 Å². The van der Waals surface area contributed by atoms with Crippen LogP contribution in [0.25, 0.3) is 16.9 Å². The van der Waals surface area contributed by atoms with E-state index in [1.807, 2.05) is 32.0 Å². The van der Waals surface area contributed by atoms with E-state index >= 15 is 0 Å². The molecule has 180 valence electrons. The Morgan fingerprint density at radius 3 is 2.29 bits per heavy atom. The van der Waals surface area contributed by atoms with Crippen LogP contribution >= 0.6 is 0 Å². The third kappa shape index (κ3) is 3.18. The lowest BCUT2D eigenvalue weighted by atomic mass is 9.59. The first-order valence-corrected chi connectivity index (χ1v) is 11.6. The Hall–Kier alpha value is -3.71. The van der Waals surface area contributed by atoms with Gasteiger partial charge in [-0.1, -0.05) is 35.4 Å². The fourth-order valence-electron chi connectivity index (χ4n) is 6.13. The van der Waals surface area contributed by atoms with Crippen molar-refractivity contribution in [2.24, 2.45) is 11.8 Å². The number of phenolic OH excluding ortho intramolecular Hbond substituents is 1. The summed E-state index contributed by atoms with van der Waals surface area (Å²) in [6.45, 7) is 5.05. The molecule has 0 aromatic heterocycles. The van der Waals surface area contributed by atoms with Crippen molar-refractivity contribution in [1.29, 1.82) is 0 Å². The zero-order valence-corrected chi connectivity index (χ0v) is 19.7. The van der Waals surface area contributed by atoms with Gasteiger partial charge in [-0.15, -0.1) is 0 Å². The largest absolute Gasteiger partial charge is 0.508 e. The minimum absolute atomic E-state index is 0.104. The minimum atomic E-state index is -2.48. The normalized spacial score (nSPS) is 25.8. The average Bonchev–Trinajstić information content (AvgIpc) is 2.75. The Morgan fingerprint density at radius 2 is 1.66 bits per heavy atom. The Kier molecular flexibility index (Phi) is 5.04. The Balaban J connectivity index is 1.72. The summed E-state index contributed by atoms with van der Waals surface area (Å²) < 4.78 is 0. The van der Waals surface area contributed by atoms with Gasteiger partial charge in [0.1, 0.15) is 22.8 Å². The second-order valence-corrected chi connectivity index (χ2v) is 9.96. The highest BCUT2D eigenvalue weighted by molar-refractivity contribution is 6.23. The van der Waals surface area contributed by atoms with Crippen LogP contribution in [0.5, 0.6) is 5.75 Å². The maximum Gasteiger partial charge on any atom is 0.202 e. The number of aromatic hydroxyl groups is 1. The van der Waals surface area contributed by atoms with Crippen LogP contribution in [0.1, 0.15) is 42.0 Å². The summed E-state index contributed by atoms with van der Waals surface area (Å²) in [7, 11) is 0. The number of hydrogen-bond donors (Lipinski definition) is 4. The number of aliphatic hydroxyl groups excluding tert-OH is 2. The Morgan fingerprint density at radius 1 is 1.00 bits per heavy atom. The number of Topliss-reactive ketones (excluding diaryl/α,β-unsaturated/α-hetero) is 3. The molecule has 0 heterocycles. The Labute approximate surface area is 202 Å². The maximum atomic E-state index is 13.6. The van der Waals surface area contributed by atoms with E-state index < -0.39 is 51.9 Å². The van der Waals surface area contributed by atoms with Crippen LogP contribution in [-0.2, 0) is 20.8 Å². The predicted molar refractivity (Wildman–Crippen MR) is 128 cm³/mol. The molecule has 3 aliphatic rings. The molecule has 0 amide bonds. The number of carbonyl (C=O) groups excluding carboxylic acids is 3. The molecule has 1 fully saturated rings. The lowest BCUT2D eigenvalue weighted by Crippen LogP contribution is -2.57. The minimum Gasteiger partial charge on any atom is -0.508 e. The number of phenols is 1. The van der Waals surface area contributed by atoms with Crippen LogP contribution in [0.4, 0.5) is 0 Å². The number of rotatable bonds is 2. The van der Waals surface area contributed by atoms with Crippen molar-refractivity contribution in [2.75, 3.05) is 0 Å². The van der Waals surface area contributed by atoms with E-state index in [0.29, 0.717) is 12.0 Å². The summed E-state index contributed by atoms with van der Waals surface area (Å²) in [4.78, 5) is 38.1. The SMILES string of the molecule is CC(=O)C1=C(O)[C@]2(O)C(=O)C3=C(O)c4c(O)ccc(-c5cc(C)cc(C)c5)c4C[C@@H]3C[C@@H]2CC1=O. The molecule has 4 N–H and O–H groups in total. The standard InChI is InChI=1S/C28H26O7/c1-12-6-13(2)8-15(7-12)18-4-5-20(30)24-19(18)10-16-9-17-11-21(31)22(14(3)29)26(33)28(17,35)27(34)23(16)25(24)32/h4-8,16-17,30,32-33,35H,9-11H2,1-3H3/t16-,17+,28-/m0/s1. The molecule has 5 rings (SSSR count). The van der Waals surface area contributed by atoms with E-state index in [4.69, 9.17) is 0 Å². The number of benzene rings is 2. The van der Waals surface area contributed by atoms with Gasteiger partial charge in [-0.2, -0.15) is 0 Å². The van der Waals surface area contributed by atoms with Gasteiger partial charge in [-0.3, -0.25) is 14.4 Å². The first kappa shape index (κ1) is 23.1. The van der Waals surface area contributed by atoms with E-state index in [-0.39, 0.29) is 29.7 Å². The topological polar surface area (TPSA) is 132 Å². The van der Waals surface area contributed by atoms with E-state index in [1.165, 1.54) is 6.07 Å². The van der Waals surface area contributed by atoms with Crippen molar-refractivity contribution in [3.8, 4) is 16.9 Å². The monoisotopic (exact) mass is 474 g/mol. The quantitative estimate of drug-likeness (QED) is 0.487. The molecule has 7 nitrogen and oxygen atoms in total. The van der Waals surface area contributed by atoms with Crippen LogP contribution in [0.2, 0.25) is 0 Å². The molecule has 3 atom stereocenters. The highest BCUT2D eigenvalue weighted by Crippen LogP contribution is 2.53. The fourth-order valence-corrected chi connectivity index (χ4v) is 6.13. The molecule has 1 saturated carbocycles. The molecule has 0 bridgehead atoms. The molecule has 3 aliphatic carbocycles. The van der Waals surface area contributed by atoms with Gasteiger partial charge in [0.05, 0.1) is 5.56 Å². The zero-order valence-electron chi connectivity index (χ0n) is 19.7. The smallest absolute Gasteiger partial charge is 0.202 e. The third-order valence-electron chi connectivity index (χ3n) is 7.59. The van der Waals surface area contributed by atoms with Crippen molar-refractivity contribution >= 4 is 23.1 Å². The van der Waals surface area contributed by atoms with Crippen LogP contribution in [-0.4, -0.2) is 43.4 Å². The number of fused-ring (bicyclic) bond motifs is 3. The van der Waals surface area contributed by atoms with Gasteiger partial charge < -0.3 is 20.4 Å². The van der Waals surface area contributed by atoms with Gasteiger partial charge in [0, 0.05) is 17.9 Å². The summed E-state index contributed by atoms with van der Waals surface area (Å²) in [5.41, 5.74) is 1.46. The molecule has 0 saturated heterocycles. The van der Waals surface area contributed by atoms with Crippen molar-refractivity contribution < 1.29 is 34.8 Å². The highest BCUT2D eigenvalue weighted by Gasteiger charge is 2.60. The van der Waals surface area contributed by atoms with Crippen LogP contribution in [0.3, 0.4) is 0 Å². The van der Waals surface area contributed by atoms with E-state index in [1.54, 1.807) is 6.07 Å². The number of aliphatic hydroxyl groups is 3. The van der Waals surface area contributed by atoms with Crippen LogP contribution in [0, 0.1) is 25.7 Å². The summed E-state index contributed by atoms with van der Waals surface area (Å²) in [5.74, 6) is -5.37. The molecule has 0 unspecified atom stereocenters. The molecule has 35 heavy (non-hydrogen) atoms. The number of aryl methyl sites for hydroxylation is 2. The molecule has 0 radical (unpaired) electrons. The second kappa shape index (κ2) is 7.65. The van der Waals surface area contributed by atoms with E-state index in [0.717, 1.165) is 29.2 Å². The maximum absolute atomic E-state index is 13.6.